The van der Waals surface area contributed by atoms with Crippen LogP contribution < -0.4 is 5.32 Å². The number of benzene rings is 2. The van der Waals surface area contributed by atoms with Crippen molar-refractivity contribution in [2.24, 2.45) is 0 Å². The number of hydrogen-bond acceptors (Lipinski definition) is 3. The van der Waals surface area contributed by atoms with Crippen molar-refractivity contribution < 1.29 is 9.53 Å². The molecule has 0 fully saturated rings. The molecule has 1 N–H and O–H groups in total. The molecule has 1 unspecified atom stereocenters. The summed E-state index contributed by atoms with van der Waals surface area (Å²) in [5, 5.41) is 3.11. The van der Waals surface area contributed by atoms with E-state index in [9.17, 15) is 4.79 Å². The number of carbonyl (C=O) groups excluding carboxylic acids is 1. The molecule has 0 aliphatic heterocycles. The molecule has 0 aliphatic rings. The van der Waals surface area contributed by atoms with Crippen LogP contribution in [-0.2, 0) is 17.8 Å². The Balaban J connectivity index is 1.99. The van der Waals surface area contributed by atoms with Gasteiger partial charge in [0.25, 0.3) is 5.91 Å². The van der Waals surface area contributed by atoms with Gasteiger partial charge in [0.2, 0.25) is 0 Å². The van der Waals surface area contributed by atoms with Crippen LogP contribution in [0.2, 0.25) is 0 Å². The number of rotatable bonds is 10. The lowest BCUT2D eigenvalue weighted by Crippen LogP contribution is -2.45. The van der Waals surface area contributed by atoms with Gasteiger partial charge in [-0.15, -0.1) is 0 Å². The van der Waals surface area contributed by atoms with Crippen molar-refractivity contribution in [1.82, 2.24) is 10.2 Å². The summed E-state index contributed by atoms with van der Waals surface area (Å²) in [6.45, 7) is 7.46. The second-order valence-electron chi connectivity index (χ2n) is 6.40. The number of nitrogens with zero attached hydrogens (tertiary/aromatic N) is 1. The van der Waals surface area contributed by atoms with Crippen molar-refractivity contribution >= 4 is 5.91 Å². The van der Waals surface area contributed by atoms with Gasteiger partial charge in [-0.1, -0.05) is 56.3 Å². The van der Waals surface area contributed by atoms with E-state index >= 15 is 0 Å². The molecule has 4 heteroatoms. The average Bonchev–Trinajstić information content (AvgIpc) is 2.68. The Kier molecular flexibility index (Phi) is 8.32. The van der Waals surface area contributed by atoms with Gasteiger partial charge in [0, 0.05) is 25.3 Å². The number of methoxy groups -OCH3 is 1. The third kappa shape index (κ3) is 5.97. The van der Waals surface area contributed by atoms with Crippen molar-refractivity contribution in [1.29, 1.82) is 0 Å². The largest absolute Gasteiger partial charge is 0.380 e. The highest BCUT2D eigenvalue weighted by molar-refractivity contribution is 5.94. The highest BCUT2D eigenvalue weighted by Crippen LogP contribution is 2.10. The highest BCUT2D eigenvalue weighted by atomic mass is 16.5. The number of nitrogens with one attached hydrogen (secondary N) is 1. The summed E-state index contributed by atoms with van der Waals surface area (Å²) in [7, 11) is 1.67. The summed E-state index contributed by atoms with van der Waals surface area (Å²) in [5.74, 6) is -0.0285. The molecular formula is C22H30N2O2. The van der Waals surface area contributed by atoms with Gasteiger partial charge in [0.05, 0.1) is 6.61 Å². The second kappa shape index (κ2) is 10.7. The molecule has 140 valence electrons. The predicted molar refractivity (Wildman–Crippen MR) is 106 cm³/mol. The van der Waals surface area contributed by atoms with Gasteiger partial charge in [-0.2, -0.15) is 0 Å². The van der Waals surface area contributed by atoms with Crippen LogP contribution >= 0.6 is 0 Å². The standard InChI is InChI=1S/C22H30N2O2/c1-4-24(5-2)21(15-18-9-7-6-8-10-18)16-23-22(25)20-13-11-19(12-14-20)17-26-3/h6-14,21H,4-5,15-17H2,1-3H3,(H,23,25). The van der Waals surface area contributed by atoms with Crippen LogP contribution in [0.25, 0.3) is 0 Å². The van der Waals surface area contributed by atoms with Crippen molar-refractivity contribution in [3.05, 3.63) is 71.3 Å². The van der Waals surface area contributed by atoms with Crippen molar-refractivity contribution in [2.45, 2.75) is 32.9 Å². The summed E-state index contributed by atoms with van der Waals surface area (Å²) < 4.78 is 5.11. The van der Waals surface area contributed by atoms with Crippen LogP contribution in [-0.4, -0.2) is 43.6 Å². The van der Waals surface area contributed by atoms with E-state index in [1.807, 2.05) is 30.3 Å². The van der Waals surface area contributed by atoms with Gasteiger partial charge in [-0.25, -0.2) is 0 Å². The molecule has 0 aromatic heterocycles. The van der Waals surface area contributed by atoms with Gasteiger partial charge in [0.1, 0.15) is 0 Å². The monoisotopic (exact) mass is 354 g/mol. The topological polar surface area (TPSA) is 41.6 Å². The number of likely N-dealkylation sites (N-methyl/N-ethyl adjacent to an activating group) is 1. The van der Waals surface area contributed by atoms with E-state index in [1.54, 1.807) is 7.11 Å². The van der Waals surface area contributed by atoms with Gasteiger partial charge in [-0.3, -0.25) is 9.69 Å². The van der Waals surface area contributed by atoms with Crippen LogP contribution in [0.1, 0.15) is 35.3 Å². The van der Waals surface area contributed by atoms with E-state index in [1.165, 1.54) is 5.56 Å². The first kappa shape index (κ1) is 20.1. The van der Waals surface area contributed by atoms with Crippen LogP contribution in [0.4, 0.5) is 0 Å². The maximum atomic E-state index is 12.5. The van der Waals surface area contributed by atoms with Gasteiger partial charge < -0.3 is 10.1 Å². The number of hydrogen-bond donors (Lipinski definition) is 1. The third-order valence-corrected chi connectivity index (χ3v) is 4.67. The molecule has 4 nitrogen and oxygen atoms in total. The molecule has 2 rings (SSSR count). The molecule has 0 radical (unpaired) electrons. The molecule has 2 aromatic carbocycles. The third-order valence-electron chi connectivity index (χ3n) is 4.67. The Bertz CT molecular complexity index is 652. The fraction of sp³-hybridized carbons (Fsp3) is 0.409. The first-order valence-electron chi connectivity index (χ1n) is 9.32. The molecule has 0 heterocycles. The van der Waals surface area contributed by atoms with Crippen molar-refractivity contribution in [3.8, 4) is 0 Å². The molecule has 0 saturated heterocycles. The molecule has 0 bridgehead atoms. The van der Waals surface area contributed by atoms with Crippen LogP contribution in [0.5, 0.6) is 0 Å². The smallest absolute Gasteiger partial charge is 0.251 e. The summed E-state index contributed by atoms with van der Waals surface area (Å²) in [4.78, 5) is 14.9. The summed E-state index contributed by atoms with van der Waals surface area (Å²) in [6, 6.07) is 18.3. The Labute approximate surface area is 157 Å². The quantitative estimate of drug-likeness (QED) is 0.710. The Morgan fingerprint density at radius 1 is 1.00 bits per heavy atom. The molecule has 0 saturated carbocycles. The minimum atomic E-state index is -0.0285. The van der Waals surface area contributed by atoms with E-state index in [2.05, 4.69) is 48.3 Å². The lowest BCUT2D eigenvalue weighted by molar-refractivity contribution is 0.0934. The lowest BCUT2D eigenvalue weighted by Gasteiger charge is -2.30. The molecular weight excluding hydrogens is 324 g/mol. The maximum Gasteiger partial charge on any atom is 0.251 e. The molecule has 0 aliphatic carbocycles. The predicted octanol–water partition coefficient (Wildman–Crippen LogP) is 3.52. The summed E-state index contributed by atoms with van der Waals surface area (Å²) in [5.41, 5.74) is 3.04. The normalized spacial score (nSPS) is 12.2. The Morgan fingerprint density at radius 3 is 2.23 bits per heavy atom. The fourth-order valence-corrected chi connectivity index (χ4v) is 3.19. The van der Waals surface area contributed by atoms with Gasteiger partial charge in [0.15, 0.2) is 0 Å². The fourth-order valence-electron chi connectivity index (χ4n) is 3.19. The zero-order valence-corrected chi connectivity index (χ0v) is 16.1. The zero-order valence-electron chi connectivity index (χ0n) is 16.1. The Morgan fingerprint density at radius 2 is 1.65 bits per heavy atom. The molecule has 1 atom stereocenters. The van der Waals surface area contributed by atoms with Gasteiger partial charge in [-0.05, 0) is 42.8 Å². The number of amides is 1. The van der Waals surface area contributed by atoms with Crippen molar-refractivity contribution in [3.63, 3.8) is 0 Å². The minimum absolute atomic E-state index is 0.0285. The molecule has 1 amide bonds. The second-order valence-corrected chi connectivity index (χ2v) is 6.40. The van der Waals surface area contributed by atoms with E-state index in [4.69, 9.17) is 4.74 Å². The van der Waals surface area contributed by atoms with Crippen molar-refractivity contribution in [2.75, 3.05) is 26.7 Å². The first-order valence-corrected chi connectivity index (χ1v) is 9.32. The van der Waals surface area contributed by atoms with E-state index < -0.39 is 0 Å². The van der Waals surface area contributed by atoms with Crippen LogP contribution in [0, 0.1) is 0 Å². The summed E-state index contributed by atoms with van der Waals surface area (Å²) in [6.07, 6.45) is 0.926. The van der Waals surface area contributed by atoms with Crippen LogP contribution in [0.3, 0.4) is 0 Å². The molecule has 2 aromatic rings. The summed E-state index contributed by atoms with van der Waals surface area (Å²) >= 11 is 0. The van der Waals surface area contributed by atoms with Gasteiger partial charge >= 0.3 is 0 Å². The first-order chi connectivity index (χ1) is 12.7. The molecule has 26 heavy (non-hydrogen) atoms. The highest BCUT2D eigenvalue weighted by Gasteiger charge is 2.17. The molecule has 0 spiro atoms. The lowest BCUT2D eigenvalue weighted by atomic mass is 10.0. The Hall–Kier alpha value is -2.17. The van der Waals surface area contributed by atoms with E-state index in [0.717, 1.165) is 25.1 Å². The van der Waals surface area contributed by atoms with E-state index in [0.29, 0.717) is 18.7 Å². The SMILES string of the molecule is CCN(CC)C(CNC(=O)c1ccc(COC)cc1)Cc1ccccc1. The average molecular weight is 354 g/mol. The maximum absolute atomic E-state index is 12.5. The van der Waals surface area contributed by atoms with Crippen LogP contribution in [0.15, 0.2) is 54.6 Å². The van der Waals surface area contributed by atoms with E-state index in [-0.39, 0.29) is 11.9 Å². The number of carbonyl (C=O) groups is 1. The number of ether oxygens (including phenoxy) is 1. The minimum Gasteiger partial charge on any atom is -0.380 e. The zero-order chi connectivity index (χ0) is 18.8.